The molecule has 25 heavy (non-hydrogen) atoms. The van der Waals surface area contributed by atoms with E-state index in [1.807, 2.05) is 29.2 Å². The van der Waals surface area contributed by atoms with Gasteiger partial charge in [0.1, 0.15) is 5.82 Å². The van der Waals surface area contributed by atoms with Crippen LogP contribution in [0.1, 0.15) is 18.4 Å². The number of benzene rings is 2. The van der Waals surface area contributed by atoms with Gasteiger partial charge in [-0.15, -0.1) is 0 Å². The number of rotatable bonds is 4. The Bertz CT molecular complexity index is 716. The second-order valence-corrected chi connectivity index (χ2v) is 6.18. The number of aliphatic hydroxyl groups is 1. The number of aliphatic hydroxyl groups excluding tert-OH is 1. The number of nitrogens with one attached hydrogen (secondary N) is 2. The molecule has 2 aromatic carbocycles. The maximum Gasteiger partial charge on any atom is 0.319 e. The smallest absolute Gasteiger partial charge is 0.319 e. The van der Waals surface area contributed by atoms with Gasteiger partial charge in [0.25, 0.3) is 0 Å². The zero-order valence-corrected chi connectivity index (χ0v) is 13.9. The molecule has 2 aromatic rings. The molecule has 1 heterocycles. The first-order valence-electron chi connectivity index (χ1n) is 8.43. The van der Waals surface area contributed by atoms with Gasteiger partial charge in [-0.1, -0.05) is 24.3 Å². The highest BCUT2D eigenvalue weighted by Gasteiger charge is 2.19. The Balaban J connectivity index is 1.55. The summed E-state index contributed by atoms with van der Waals surface area (Å²) in [6.45, 7) is 1.54. The van der Waals surface area contributed by atoms with Crippen LogP contribution >= 0.6 is 0 Å². The molecule has 1 aliphatic rings. The van der Waals surface area contributed by atoms with E-state index < -0.39 is 0 Å². The topological polar surface area (TPSA) is 64.6 Å². The lowest BCUT2D eigenvalue weighted by molar-refractivity contribution is 0.145. The number of carbonyl (C=O) groups is 1. The molecule has 5 nitrogen and oxygen atoms in total. The minimum absolute atomic E-state index is 0.245. The zero-order valence-electron chi connectivity index (χ0n) is 13.9. The van der Waals surface area contributed by atoms with Crippen molar-refractivity contribution in [2.75, 3.05) is 23.3 Å². The molecular formula is C19H22FN3O2. The van der Waals surface area contributed by atoms with Crippen molar-refractivity contribution in [1.29, 1.82) is 0 Å². The third kappa shape index (κ3) is 4.70. The van der Waals surface area contributed by atoms with Gasteiger partial charge >= 0.3 is 6.03 Å². The fraction of sp³-hybridized carbons (Fsp3) is 0.316. The minimum atomic E-state index is -0.333. The van der Waals surface area contributed by atoms with Gasteiger partial charge in [-0.3, -0.25) is 0 Å². The fourth-order valence-corrected chi connectivity index (χ4v) is 2.90. The highest BCUT2D eigenvalue weighted by molar-refractivity contribution is 5.89. The number of carbonyl (C=O) groups excluding carboxylic acids is 1. The van der Waals surface area contributed by atoms with Crippen LogP contribution < -0.4 is 15.5 Å². The summed E-state index contributed by atoms with van der Waals surface area (Å²) in [5, 5.41) is 15.0. The summed E-state index contributed by atoms with van der Waals surface area (Å²) in [5.41, 5.74) is 1.94. The molecule has 3 rings (SSSR count). The van der Waals surface area contributed by atoms with Crippen LogP contribution in [0.15, 0.2) is 48.5 Å². The van der Waals surface area contributed by atoms with Crippen molar-refractivity contribution in [3.8, 4) is 0 Å². The molecular weight excluding hydrogens is 321 g/mol. The average Bonchev–Trinajstić information content (AvgIpc) is 2.62. The molecule has 0 spiro atoms. The van der Waals surface area contributed by atoms with Crippen LogP contribution in [0.5, 0.6) is 0 Å². The van der Waals surface area contributed by atoms with Crippen molar-refractivity contribution in [3.63, 3.8) is 0 Å². The first-order chi connectivity index (χ1) is 12.1. The van der Waals surface area contributed by atoms with Crippen LogP contribution in [0.4, 0.5) is 20.6 Å². The van der Waals surface area contributed by atoms with Gasteiger partial charge in [0, 0.05) is 25.3 Å². The zero-order chi connectivity index (χ0) is 17.6. The van der Waals surface area contributed by atoms with Gasteiger partial charge in [-0.2, -0.15) is 0 Å². The van der Waals surface area contributed by atoms with Crippen LogP contribution in [-0.2, 0) is 6.54 Å². The third-order valence-electron chi connectivity index (χ3n) is 4.30. The molecule has 0 unspecified atom stereocenters. The number of hydrogen-bond acceptors (Lipinski definition) is 3. The summed E-state index contributed by atoms with van der Waals surface area (Å²) < 4.78 is 14.4. The summed E-state index contributed by atoms with van der Waals surface area (Å²) in [7, 11) is 0. The Kier molecular flexibility index (Phi) is 5.50. The van der Waals surface area contributed by atoms with E-state index in [1.54, 1.807) is 18.2 Å². The van der Waals surface area contributed by atoms with Crippen LogP contribution in [0.2, 0.25) is 0 Å². The summed E-state index contributed by atoms with van der Waals surface area (Å²) >= 11 is 0. The number of hydrogen-bond donors (Lipinski definition) is 3. The standard InChI is InChI=1S/C19H22FN3O2/c20-17-12-14(6-7-18(17)23-10-8-16(24)9-11-23)13-21-19(25)22-15-4-2-1-3-5-15/h1-7,12,16,24H,8-11,13H2,(H2,21,22,25). The lowest BCUT2D eigenvalue weighted by atomic mass is 10.1. The highest BCUT2D eigenvalue weighted by atomic mass is 19.1. The molecule has 0 aromatic heterocycles. The molecule has 1 fully saturated rings. The Morgan fingerprint density at radius 1 is 1.16 bits per heavy atom. The van der Waals surface area contributed by atoms with E-state index in [0.29, 0.717) is 42.9 Å². The normalized spacial score (nSPS) is 15.0. The molecule has 0 saturated carbocycles. The first-order valence-corrected chi connectivity index (χ1v) is 8.43. The second-order valence-electron chi connectivity index (χ2n) is 6.18. The number of para-hydroxylation sites is 1. The van der Waals surface area contributed by atoms with Gasteiger partial charge < -0.3 is 20.6 Å². The largest absolute Gasteiger partial charge is 0.393 e. The van der Waals surface area contributed by atoms with Gasteiger partial charge in [0.2, 0.25) is 0 Å². The lowest BCUT2D eigenvalue weighted by Crippen LogP contribution is -2.36. The molecule has 6 heteroatoms. The molecule has 132 valence electrons. The molecule has 0 aliphatic carbocycles. The van der Waals surface area contributed by atoms with Gasteiger partial charge in [0.05, 0.1) is 11.8 Å². The molecule has 1 aliphatic heterocycles. The second kappa shape index (κ2) is 7.98. The lowest BCUT2D eigenvalue weighted by Gasteiger charge is -2.31. The van der Waals surface area contributed by atoms with Crippen molar-refractivity contribution in [2.24, 2.45) is 0 Å². The fourth-order valence-electron chi connectivity index (χ4n) is 2.90. The third-order valence-corrected chi connectivity index (χ3v) is 4.30. The molecule has 1 saturated heterocycles. The van der Waals surface area contributed by atoms with Crippen LogP contribution in [0.25, 0.3) is 0 Å². The van der Waals surface area contributed by atoms with Gasteiger partial charge in [0.15, 0.2) is 0 Å². The Morgan fingerprint density at radius 2 is 1.88 bits per heavy atom. The summed E-state index contributed by atoms with van der Waals surface area (Å²) in [5.74, 6) is -0.306. The number of piperidine rings is 1. The maximum atomic E-state index is 14.4. The molecule has 0 radical (unpaired) electrons. The number of nitrogens with zero attached hydrogens (tertiary/aromatic N) is 1. The summed E-state index contributed by atoms with van der Waals surface area (Å²) in [6.07, 6.45) is 1.02. The number of anilines is 2. The maximum absolute atomic E-state index is 14.4. The average molecular weight is 343 g/mol. The predicted molar refractivity (Wildman–Crippen MR) is 96.2 cm³/mol. The Hall–Kier alpha value is -2.60. The van der Waals surface area contributed by atoms with Crippen molar-refractivity contribution < 1.29 is 14.3 Å². The molecule has 0 atom stereocenters. The number of halogens is 1. The quantitative estimate of drug-likeness (QED) is 0.799. The van der Waals surface area contributed by atoms with Crippen molar-refractivity contribution in [3.05, 3.63) is 59.9 Å². The number of amides is 2. The van der Waals surface area contributed by atoms with Crippen LogP contribution in [-0.4, -0.2) is 30.3 Å². The van der Waals surface area contributed by atoms with Crippen molar-refractivity contribution >= 4 is 17.4 Å². The Labute approximate surface area is 146 Å². The van der Waals surface area contributed by atoms with E-state index in [4.69, 9.17) is 0 Å². The van der Waals surface area contributed by atoms with E-state index in [0.717, 1.165) is 0 Å². The van der Waals surface area contributed by atoms with Crippen LogP contribution in [0, 0.1) is 5.82 Å². The van der Waals surface area contributed by atoms with E-state index in [-0.39, 0.29) is 24.5 Å². The SMILES string of the molecule is O=C(NCc1ccc(N2CCC(O)CC2)c(F)c1)Nc1ccccc1. The molecule has 3 N–H and O–H groups in total. The van der Waals surface area contributed by atoms with Crippen molar-refractivity contribution in [2.45, 2.75) is 25.5 Å². The van der Waals surface area contributed by atoms with E-state index in [2.05, 4.69) is 10.6 Å². The molecule has 0 bridgehead atoms. The monoisotopic (exact) mass is 343 g/mol. The highest BCUT2D eigenvalue weighted by Crippen LogP contribution is 2.24. The minimum Gasteiger partial charge on any atom is -0.393 e. The number of urea groups is 1. The van der Waals surface area contributed by atoms with Crippen LogP contribution in [0.3, 0.4) is 0 Å². The van der Waals surface area contributed by atoms with Gasteiger partial charge in [-0.25, -0.2) is 9.18 Å². The van der Waals surface area contributed by atoms with E-state index >= 15 is 0 Å². The first kappa shape index (κ1) is 17.2. The summed E-state index contributed by atoms with van der Waals surface area (Å²) in [6, 6.07) is 13.8. The van der Waals surface area contributed by atoms with E-state index in [1.165, 1.54) is 6.07 Å². The molecule has 2 amide bonds. The van der Waals surface area contributed by atoms with Gasteiger partial charge in [-0.05, 0) is 42.7 Å². The van der Waals surface area contributed by atoms with E-state index in [9.17, 15) is 14.3 Å². The Morgan fingerprint density at radius 3 is 2.56 bits per heavy atom. The summed E-state index contributed by atoms with van der Waals surface area (Å²) in [4.78, 5) is 13.8. The van der Waals surface area contributed by atoms with Crippen molar-refractivity contribution in [1.82, 2.24) is 5.32 Å². The predicted octanol–water partition coefficient (Wildman–Crippen LogP) is 3.11.